The number of rotatable bonds is 5. The van der Waals surface area contributed by atoms with E-state index in [-0.39, 0.29) is 16.4 Å². The SMILES string of the molecule is Cc1cc(C(N)=S)ccc1S(=O)(=O)NCc1ccc(Br)s1. The predicted molar refractivity (Wildman–Crippen MR) is 93.1 cm³/mol. The summed E-state index contributed by atoms with van der Waals surface area (Å²) >= 11 is 9.72. The van der Waals surface area contributed by atoms with Crippen molar-refractivity contribution in [2.45, 2.75) is 18.4 Å². The summed E-state index contributed by atoms with van der Waals surface area (Å²) < 4.78 is 28.2. The van der Waals surface area contributed by atoms with Gasteiger partial charge >= 0.3 is 0 Å². The Morgan fingerprint density at radius 2 is 2.10 bits per heavy atom. The lowest BCUT2D eigenvalue weighted by atomic mass is 10.1. The Balaban J connectivity index is 2.21. The number of hydrogen-bond donors (Lipinski definition) is 2. The van der Waals surface area contributed by atoms with Crippen LogP contribution in [-0.4, -0.2) is 13.4 Å². The highest BCUT2D eigenvalue weighted by Gasteiger charge is 2.17. The van der Waals surface area contributed by atoms with Gasteiger partial charge in [-0.2, -0.15) is 0 Å². The highest BCUT2D eigenvalue weighted by atomic mass is 79.9. The molecule has 1 heterocycles. The lowest BCUT2D eigenvalue weighted by Gasteiger charge is -2.10. The standard InChI is InChI=1S/C13H13BrN2O2S3/c1-8-6-9(13(15)19)2-4-11(8)21(17,18)16-7-10-3-5-12(14)20-10/h2-6,16H,7H2,1H3,(H2,15,19). The molecule has 0 aliphatic carbocycles. The second kappa shape index (κ2) is 6.53. The van der Waals surface area contributed by atoms with E-state index in [1.54, 1.807) is 19.1 Å². The summed E-state index contributed by atoms with van der Waals surface area (Å²) in [6.07, 6.45) is 0. The third kappa shape index (κ3) is 4.10. The minimum atomic E-state index is -3.57. The van der Waals surface area contributed by atoms with Crippen LogP contribution >= 0.6 is 39.5 Å². The van der Waals surface area contributed by atoms with Crippen LogP contribution in [0.25, 0.3) is 0 Å². The Bertz CT molecular complexity index is 784. The molecule has 0 bridgehead atoms. The Kier molecular flexibility index (Phi) is 5.15. The van der Waals surface area contributed by atoms with Crippen LogP contribution in [0, 0.1) is 6.92 Å². The van der Waals surface area contributed by atoms with E-state index >= 15 is 0 Å². The van der Waals surface area contributed by atoms with Crippen LogP contribution in [0.2, 0.25) is 0 Å². The second-order valence-corrected chi connectivity index (χ2v) is 9.10. The van der Waals surface area contributed by atoms with Gasteiger partial charge < -0.3 is 5.73 Å². The Morgan fingerprint density at radius 1 is 1.38 bits per heavy atom. The Hall–Kier alpha value is -0.800. The van der Waals surface area contributed by atoms with Gasteiger partial charge in [0.2, 0.25) is 10.0 Å². The van der Waals surface area contributed by atoms with Crippen molar-refractivity contribution in [1.82, 2.24) is 4.72 Å². The summed E-state index contributed by atoms with van der Waals surface area (Å²) in [5, 5.41) is 0. The fourth-order valence-electron chi connectivity index (χ4n) is 1.79. The van der Waals surface area contributed by atoms with Crippen molar-refractivity contribution in [3.63, 3.8) is 0 Å². The number of nitrogens with two attached hydrogens (primary N) is 1. The average Bonchev–Trinajstić information content (AvgIpc) is 2.82. The molecule has 0 radical (unpaired) electrons. The smallest absolute Gasteiger partial charge is 0.241 e. The molecule has 0 aliphatic rings. The van der Waals surface area contributed by atoms with Gasteiger partial charge in [-0.1, -0.05) is 18.3 Å². The number of thiophene rings is 1. The average molecular weight is 405 g/mol. The number of halogens is 1. The van der Waals surface area contributed by atoms with Gasteiger partial charge in [-0.25, -0.2) is 13.1 Å². The normalized spacial score (nSPS) is 11.5. The van der Waals surface area contributed by atoms with Gasteiger partial charge in [-0.05, 0) is 52.7 Å². The van der Waals surface area contributed by atoms with Gasteiger partial charge in [0.15, 0.2) is 0 Å². The number of aryl methyl sites for hydroxylation is 1. The van der Waals surface area contributed by atoms with E-state index in [0.29, 0.717) is 11.1 Å². The first-order valence-corrected chi connectivity index (χ1v) is 9.44. The molecule has 0 saturated heterocycles. The van der Waals surface area contributed by atoms with E-state index in [1.165, 1.54) is 17.4 Å². The molecule has 2 rings (SSSR count). The number of sulfonamides is 1. The van der Waals surface area contributed by atoms with E-state index in [2.05, 4.69) is 20.7 Å². The van der Waals surface area contributed by atoms with Crippen molar-refractivity contribution >= 4 is 54.5 Å². The van der Waals surface area contributed by atoms with E-state index < -0.39 is 10.0 Å². The monoisotopic (exact) mass is 404 g/mol. The zero-order valence-corrected chi connectivity index (χ0v) is 15.1. The molecule has 21 heavy (non-hydrogen) atoms. The van der Waals surface area contributed by atoms with E-state index in [1.807, 2.05) is 12.1 Å². The fraction of sp³-hybridized carbons (Fsp3) is 0.154. The van der Waals surface area contributed by atoms with Crippen LogP contribution in [-0.2, 0) is 16.6 Å². The maximum absolute atomic E-state index is 12.3. The molecule has 4 nitrogen and oxygen atoms in total. The van der Waals surface area contributed by atoms with Crippen LogP contribution in [0.3, 0.4) is 0 Å². The minimum Gasteiger partial charge on any atom is -0.389 e. The summed E-state index contributed by atoms with van der Waals surface area (Å²) in [5.74, 6) is 0. The van der Waals surface area contributed by atoms with Crippen LogP contribution < -0.4 is 10.5 Å². The Labute approximate surface area is 141 Å². The quantitative estimate of drug-likeness (QED) is 0.751. The topological polar surface area (TPSA) is 72.2 Å². The van der Waals surface area contributed by atoms with Crippen molar-refractivity contribution < 1.29 is 8.42 Å². The van der Waals surface area contributed by atoms with Gasteiger partial charge in [0.1, 0.15) is 4.99 Å². The summed E-state index contributed by atoms with van der Waals surface area (Å²) in [4.78, 5) is 1.42. The molecule has 112 valence electrons. The van der Waals surface area contributed by atoms with Gasteiger partial charge in [0.25, 0.3) is 0 Å². The minimum absolute atomic E-state index is 0.234. The van der Waals surface area contributed by atoms with Gasteiger partial charge in [0, 0.05) is 17.0 Å². The van der Waals surface area contributed by atoms with Crippen molar-refractivity contribution in [2.75, 3.05) is 0 Å². The number of thiocarbonyl (C=S) groups is 1. The first-order chi connectivity index (χ1) is 9.79. The van der Waals surface area contributed by atoms with Gasteiger partial charge in [0.05, 0.1) is 8.68 Å². The Morgan fingerprint density at radius 3 is 2.62 bits per heavy atom. The largest absolute Gasteiger partial charge is 0.389 e. The van der Waals surface area contributed by atoms with Crippen molar-refractivity contribution in [1.29, 1.82) is 0 Å². The lowest BCUT2D eigenvalue weighted by molar-refractivity contribution is 0.581. The van der Waals surface area contributed by atoms with Crippen molar-refractivity contribution in [3.8, 4) is 0 Å². The van der Waals surface area contributed by atoms with E-state index in [9.17, 15) is 8.42 Å². The summed E-state index contributed by atoms with van der Waals surface area (Å²) in [5.41, 5.74) is 6.81. The predicted octanol–water partition coefficient (Wildman–Crippen LogP) is 2.93. The summed E-state index contributed by atoms with van der Waals surface area (Å²) in [6.45, 7) is 1.98. The molecule has 1 aromatic heterocycles. The second-order valence-electron chi connectivity index (χ2n) is 4.37. The van der Waals surface area contributed by atoms with Crippen molar-refractivity contribution in [3.05, 3.63) is 50.1 Å². The molecule has 0 unspecified atom stereocenters. The molecule has 0 aliphatic heterocycles. The summed E-state index contributed by atoms with van der Waals surface area (Å²) in [7, 11) is -3.57. The number of benzene rings is 1. The van der Waals surface area contributed by atoms with Gasteiger partial charge in [-0.3, -0.25) is 0 Å². The third-order valence-corrected chi connectivity index (χ3v) is 6.24. The molecule has 0 fully saturated rings. The molecular weight excluding hydrogens is 392 g/mol. The maximum Gasteiger partial charge on any atom is 0.241 e. The van der Waals surface area contributed by atoms with Crippen LogP contribution in [0.5, 0.6) is 0 Å². The molecule has 0 amide bonds. The summed E-state index contributed by atoms with van der Waals surface area (Å²) in [6, 6.07) is 8.58. The molecule has 2 aromatic rings. The molecule has 0 saturated carbocycles. The zero-order chi connectivity index (χ0) is 15.6. The fourth-order valence-corrected chi connectivity index (χ4v) is 4.67. The molecule has 3 N–H and O–H groups in total. The molecule has 8 heteroatoms. The zero-order valence-electron chi connectivity index (χ0n) is 11.1. The molecule has 0 atom stereocenters. The highest BCUT2D eigenvalue weighted by Crippen LogP contribution is 2.23. The van der Waals surface area contributed by atoms with Gasteiger partial charge in [-0.15, -0.1) is 11.3 Å². The third-order valence-electron chi connectivity index (χ3n) is 2.81. The van der Waals surface area contributed by atoms with Crippen molar-refractivity contribution in [2.24, 2.45) is 5.73 Å². The first-order valence-electron chi connectivity index (χ1n) is 5.94. The van der Waals surface area contributed by atoms with Crippen LogP contribution in [0.1, 0.15) is 16.0 Å². The lowest BCUT2D eigenvalue weighted by Crippen LogP contribution is -2.24. The maximum atomic E-state index is 12.3. The van der Waals surface area contributed by atoms with E-state index in [0.717, 1.165) is 8.66 Å². The molecule has 1 aromatic carbocycles. The number of nitrogens with one attached hydrogen (secondary N) is 1. The van der Waals surface area contributed by atoms with Crippen LogP contribution in [0.4, 0.5) is 0 Å². The number of hydrogen-bond acceptors (Lipinski definition) is 4. The van der Waals surface area contributed by atoms with E-state index in [4.69, 9.17) is 18.0 Å². The highest BCUT2D eigenvalue weighted by molar-refractivity contribution is 9.11. The van der Waals surface area contributed by atoms with Crippen LogP contribution in [0.15, 0.2) is 39.0 Å². The first kappa shape index (κ1) is 16.6. The molecular formula is C13H13BrN2O2S3. The molecule has 0 spiro atoms.